The quantitative estimate of drug-likeness (QED) is 0.705. The number of likely N-dealkylation sites (tertiary alicyclic amines) is 1. The Hall–Kier alpha value is -0.570. The number of hydrogen-bond acceptors (Lipinski definition) is 2. The summed E-state index contributed by atoms with van der Waals surface area (Å²) in [5, 5.41) is 3.03. The molecule has 0 aromatic heterocycles. The predicted octanol–water partition coefficient (Wildman–Crippen LogP) is 0.853. The van der Waals surface area contributed by atoms with Crippen LogP contribution in [0.2, 0.25) is 0 Å². The lowest BCUT2D eigenvalue weighted by Crippen LogP contribution is -2.37. The number of nitrogens with one attached hydrogen (secondary N) is 1. The standard InChI is InChI=1S/C10H20N2O/c1-4-8(2)11-10(13)9-5-6-12(3)7-9/h8-9H,4-7H2,1-3H3,(H,11,13). The van der Waals surface area contributed by atoms with E-state index >= 15 is 0 Å². The van der Waals surface area contributed by atoms with Crippen LogP contribution in [-0.2, 0) is 4.79 Å². The van der Waals surface area contributed by atoms with E-state index in [4.69, 9.17) is 0 Å². The van der Waals surface area contributed by atoms with Gasteiger partial charge in [0.15, 0.2) is 0 Å². The maximum Gasteiger partial charge on any atom is 0.224 e. The molecule has 1 fully saturated rings. The molecule has 1 aliphatic heterocycles. The third-order valence-electron chi connectivity index (χ3n) is 2.76. The zero-order valence-electron chi connectivity index (χ0n) is 8.84. The minimum atomic E-state index is 0.221. The molecule has 0 bridgehead atoms. The fraction of sp³-hybridized carbons (Fsp3) is 0.900. The van der Waals surface area contributed by atoms with E-state index in [1.165, 1.54) is 0 Å². The predicted molar refractivity (Wildman–Crippen MR) is 53.5 cm³/mol. The summed E-state index contributed by atoms with van der Waals surface area (Å²) >= 11 is 0. The third kappa shape index (κ3) is 2.99. The lowest BCUT2D eigenvalue weighted by atomic mass is 10.1. The Morgan fingerprint density at radius 3 is 2.85 bits per heavy atom. The van der Waals surface area contributed by atoms with Crippen LogP contribution in [0.4, 0.5) is 0 Å². The van der Waals surface area contributed by atoms with Crippen LogP contribution >= 0.6 is 0 Å². The molecule has 2 unspecified atom stereocenters. The average molecular weight is 184 g/mol. The summed E-state index contributed by atoms with van der Waals surface area (Å²) in [6, 6.07) is 0.318. The van der Waals surface area contributed by atoms with Crippen LogP contribution in [0.5, 0.6) is 0 Å². The second-order valence-electron chi connectivity index (χ2n) is 4.07. The van der Waals surface area contributed by atoms with Crippen molar-refractivity contribution in [1.29, 1.82) is 0 Å². The highest BCUT2D eigenvalue weighted by Crippen LogP contribution is 2.14. The topological polar surface area (TPSA) is 32.3 Å². The van der Waals surface area contributed by atoms with Gasteiger partial charge in [-0.25, -0.2) is 0 Å². The van der Waals surface area contributed by atoms with Crippen molar-refractivity contribution in [2.45, 2.75) is 32.7 Å². The molecule has 0 aromatic carbocycles. The van der Waals surface area contributed by atoms with Gasteiger partial charge >= 0.3 is 0 Å². The normalized spacial score (nSPS) is 25.9. The Bertz CT molecular complexity index is 182. The summed E-state index contributed by atoms with van der Waals surface area (Å²) in [6.07, 6.45) is 2.02. The van der Waals surface area contributed by atoms with Crippen molar-refractivity contribution in [3.63, 3.8) is 0 Å². The first-order valence-electron chi connectivity index (χ1n) is 5.12. The molecule has 0 aliphatic carbocycles. The van der Waals surface area contributed by atoms with Gasteiger partial charge in [-0.2, -0.15) is 0 Å². The molecule has 76 valence electrons. The minimum Gasteiger partial charge on any atom is -0.353 e. The van der Waals surface area contributed by atoms with Gasteiger partial charge in [-0.15, -0.1) is 0 Å². The van der Waals surface area contributed by atoms with E-state index in [-0.39, 0.29) is 11.8 Å². The van der Waals surface area contributed by atoms with E-state index < -0.39 is 0 Å². The smallest absolute Gasteiger partial charge is 0.224 e. The number of carbonyl (C=O) groups is 1. The van der Waals surface area contributed by atoms with E-state index in [1.807, 2.05) is 0 Å². The van der Waals surface area contributed by atoms with Gasteiger partial charge in [-0.05, 0) is 33.4 Å². The van der Waals surface area contributed by atoms with E-state index in [0.717, 1.165) is 25.9 Å². The van der Waals surface area contributed by atoms with E-state index in [0.29, 0.717) is 6.04 Å². The number of nitrogens with zero attached hydrogens (tertiary/aromatic N) is 1. The molecule has 2 atom stereocenters. The number of hydrogen-bond donors (Lipinski definition) is 1. The van der Waals surface area contributed by atoms with Crippen molar-refractivity contribution in [3.05, 3.63) is 0 Å². The third-order valence-corrected chi connectivity index (χ3v) is 2.76. The van der Waals surface area contributed by atoms with Crippen LogP contribution in [0.25, 0.3) is 0 Å². The Morgan fingerprint density at radius 2 is 2.38 bits per heavy atom. The van der Waals surface area contributed by atoms with Gasteiger partial charge in [0.05, 0.1) is 5.92 Å². The van der Waals surface area contributed by atoms with Crippen molar-refractivity contribution in [3.8, 4) is 0 Å². The highest BCUT2D eigenvalue weighted by atomic mass is 16.2. The van der Waals surface area contributed by atoms with E-state index in [1.54, 1.807) is 0 Å². The molecule has 13 heavy (non-hydrogen) atoms. The first-order chi connectivity index (χ1) is 6.13. The van der Waals surface area contributed by atoms with Crippen molar-refractivity contribution in [1.82, 2.24) is 10.2 Å². The van der Waals surface area contributed by atoms with Gasteiger partial charge in [0, 0.05) is 12.6 Å². The molecule has 1 aliphatic rings. The molecular weight excluding hydrogens is 164 g/mol. The summed E-state index contributed by atoms with van der Waals surface area (Å²) < 4.78 is 0. The fourth-order valence-corrected chi connectivity index (χ4v) is 1.61. The summed E-state index contributed by atoms with van der Waals surface area (Å²) in [4.78, 5) is 13.8. The van der Waals surface area contributed by atoms with Gasteiger partial charge in [-0.3, -0.25) is 4.79 Å². The number of carbonyl (C=O) groups excluding carboxylic acids is 1. The maximum atomic E-state index is 11.6. The van der Waals surface area contributed by atoms with Crippen LogP contribution in [-0.4, -0.2) is 37.0 Å². The molecule has 3 heteroatoms. The molecule has 1 N–H and O–H groups in total. The maximum absolute atomic E-state index is 11.6. The lowest BCUT2D eigenvalue weighted by Gasteiger charge is -2.15. The Balaban J connectivity index is 2.31. The van der Waals surface area contributed by atoms with Gasteiger partial charge in [0.25, 0.3) is 0 Å². The van der Waals surface area contributed by atoms with Crippen LogP contribution in [0, 0.1) is 5.92 Å². The zero-order chi connectivity index (χ0) is 9.84. The van der Waals surface area contributed by atoms with Crippen molar-refractivity contribution in [2.24, 2.45) is 5.92 Å². The van der Waals surface area contributed by atoms with Crippen LogP contribution in [0.1, 0.15) is 26.7 Å². The molecule has 0 aromatic rings. The number of rotatable bonds is 3. The van der Waals surface area contributed by atoms with Gasteiger partial charge in [-0.1, -0.05) is 6.92 Å². The molecule has 0 saturated carbocycles. The second kappa shape index (κ2) is 4.61. The molecule has 3 nitrogen and oxygen atoms in total. The SMILES string of the molecule is CCC(C)NC(=O)C1CCN(C)C1. The molecule has 1 saturated heterocycles. The fourth-order valence-electron chi connectivity index (χ4n) is 1.61. The second-order valence-corrected chi connectivity index (χ2v) is 4.07. The van der Waals surface area contributed by atoms with E-state index in [2.05, 4.69) is 31.1 Å². The van der Waals surface area contributed by atoms with Gasteiger partial charge < -0.3 is 10.2 Å². The molecule has 0 radical (unpaired) electrons. The van der Waals surface area contributed by atoms with Crippen molar-refractivity contribution >= 4 is 5.91 Å². The Morgan fingerprint density at radius 1 is 1.69 bits per heavy atom. The van der Waals surface area contributed by atoms with Crippen molar-refractivity contribution in [2.75, 3.05) is 20.1 Å². The number of amides is 1. The summed E-state index contributed by atoms with van der Waals surface area (Å²) in [7, 11) is 2.07. The van der Waals surface area contributed by atoms with E-state index in [9.17, 15) is 4.79 Å². The lowest BCUT2D eigenvalue weighted by molar-refractivity contribution is -0.125. The summed E-state index contributed by atoms with van der Waals surface area (Å²) in [5.41, 5.74) is 0. The minimum absolute atomic E-state index is 0.221. The highest BCUT2D eigenvalue weighted by Gasteiger charge is 2.26. The first-order valence-corrected chi connectivity index (χ1v) is 5.12. The van der Waals surface area contributed by atoms with Crippen LogP contribution in [0.15, 0.2) is 0 Å². The van der Waals surface area contributed by atoms with Gasteiger partial charge in [0.2, 0.25) is 5.91 Å². The Kier molecular flexibility index (Phi) is 3.72. The van der Waals surface area contributed by atoms with Crippen molar-refractivity contribution < 1.29 is 4.79 Å². The average Bonchev–Trinajstić information content (AvgIpc) is 2.51. The van der Waals surface area contributed by atoms with Gasteiger partial charge in [0.1, 0.15) is 0 Å². The molecule has 1 amide bonds. The molecule has 1 rings (SSSR count). The largest absolute Gasteiger partial charge is 0.353 e. The van der Waals surface area contributed by atoms with Crippen LogP contribution < -0.4 is 5.32 Å². The summed E-state index contributed by atoms with van der Waals surface area (Å²) in [6.45, 7) is 6.11. The highest BCUT2D eigenvalue weighted by molar-refractivity contribution is 5.79. The van der Waals surface area contributed by atoms with Crippen LogP contribution in [0.3, 0.4) is 0 Å². The monoisotopic (exact) mass is 184 g/mol. The molecular formula is C10H20N2O. The zero-order valence-corrected chi connectivity index (χ0v) is 8.84. The summed E-state index contributed by atoms with van der Waals surface area (Å²) in [5.74, 6) is 0.456. The molecule has 1 heterocycles. The Labute approximate surface area is 80.5 Å². The first kappa shape index (κ1) is 10.5. The molecule has 0 spiro atoms.